The number of benzene rings is 1. The molecule has 5 nitrogen and oxygen atoms in total. The van der Waals surface area contributed by atoms with Crippen molar-refractivity contribution in [3.8, 4) is 11.3 Å². The van der Waals surface area contributed by atoms with E-state index in [2.05, 4.69) is 14.6 Å². The van der Waals surface area contributed by atoms with Crippen LogP contribution in [0.25, 0.3) is 11.3 Å². The zero-order valence-electron chi connectivity index (χ0n) is 23.5. The Hall–Kier alpha value is -1.97. The third-order valence-corrected chi connectivity index (χ3v) is 9.47. The summed E-state index contributed by atoms with van der Waals surface area (Å²) in [4.78, 5) is 13.5. The number of halogens is 3. The van der Waals surface area contributed by atoms with Crippen LogP contribution in [0.4, 0.5) is 13.2 Å². The lowest BCUT2D eigenvalue weighted by atomic mass is 9.89. The van der Waals surface area contributed by atoms with Crippen LogP contribution in [0.1, 0.15) is 93.8 Å². The molecule has 0 spiro atoms. The number of ether oxygens (including phenoxy) is 1. The van der Waals surface area contributed by atoms with Gasteiger partial charge >= 0.3 is 6.18 Å². The summed E-state index contributed by atoms with van der Waals surface area (Å²) in [6.07, 6.45) is 3.57. The molecule has 0 atom stereocenters. The molecule has 0 unspecified atom stereocenters. The van der Waals surface area contributed by atoms with E-state index in [9.17, 15) is 18.0 Å². The highest BCUT2D eigenvalue weighted by Gasteiger charge is 2.35. The van der Waals surface area contributed by atoms with Crippen LogP contribution in [0.15, 0.2) is 29.2 Å². The van der Waals surface area contributed by atoms with Crippen molar-refractivity contribution >= 4 is 17.9 Å². The highest BCUT2D eigenvalue weighted by Crippen LogP contribution is 2.40. The van der Waals surface area contributed by atoms with Crippen molar-refractivity contribution in [1.82, 2.24) is 14.6 Å². The predicted octanol–water partition coefficient (Wildman–Crippen LogP) is 7.76. The number of hydrogen-bond acceptors (Lipinski definition) is 4. The number of hydrogen-bond donors (Lipinski definition) is 2. The second kappa shape index (κ2) is 12.7. The van der Waals surface area contributed by atoms with Gasteiger partial charge in [-0.15, -0.1) is 0 Å². The third-order valence-electron chi connectivity index (χ3n) is 8.24. The van der Waals surface area contributed by atoms with Crippen LogP contribution in [0.2, 0.25) is 0 Å². The van der Waals surface area contributed by atoms with Gasteiger partial charge in [0.05, 0.1) is 11.1 Å². The molecule has 0 bridgehead atoms. The maximum atomic E-state index is 14.3. The zero-order valence-corrected chi connectivity index (χ0v) is 24.4. The maximum Gasteiger partial charge on any atom is 0.417 e. The minimum Gasteiger partial charge on any atom is -0.381 e. The number of amides is 1. The topological polar surface area (TPSA) is 55.3 Å². The number of rotatable bonds is 9. The summed E-state index contributed by atoms with van der Waals surface area (Å²) in [5.41, 5.74) is 1.51. The molecule has 1 saturated carbocycles. The number of carbonyl (C=O) groups is 1. The molecular weight excluding hydrogens is 523 g/mol. The van der Waals surface area contributed by atoms with Crippen molar-refractivity contribution in [2.24, 2.45) is 5.92 Å². The van der Waals surface area contributed by atoms with Gasteiger partial charge in [0.25, 0.3) is 5.91 Å². The molecule has 1 saturated heterocycles. The summed E-state index contributed by atoms with van der Waals surface area (Å²) in [6.45, 7) is 9.79. The minimum absolute atomic E-state index is 0.0452. The lowest BCUT2D eigenvalue weighted by molar-refractivity contribution is -0.139. The van der Waals surface area contributed by atoms with Gasteiger partial charge in [0.1, 0.15) is 0 Å². The molecule has 1 aliphatic heterocycles. The van der Waals surface area contributed by atoms with E-state index < -0.39 is 11.7 Å². The molecule has 0 radical (unpaired) electrons. The largest absolute Gasteiger partial charge is 0.417 e. The van der Waals surface area contributed by atoms with Crippen LogP contribution in [0.5, 0.6) is 0 Å². The lowest BCUT2D eigenvalue weighted by Crippen LogP contribution is -2.39. The van der Waals surface area contributed by atoms with Crippen molar-refractivity contribution in [1.29, 1.82) is 0 Å². The molecule has 39 heavy (non-hydrogen) atoms. The van der Waals surface area contributed by atoms with Crippen LogP contribution in [-0.2, 0) is 17.5 Å². The molecule has 2 fully saturated rings. The molecule has 2 aromatic rings. The van der Waals surface area contributed by atoms with Gasteiger partial charge in [-0.05, 0) is 94.5 Å². The number of nitrogens with zero attached hydrogens (tertiary/aromatic N) is 1. The number of carbonyl (C=O) groups excluding carboxylic acids is 1. The predicted molar refractivity (Wildman–Crippen MR) is 151 cm³/mol. The molecule has 1 aromatic heterocycles. The Bertz CT molecular complexity index is 1130. The summed E-state index contributed by atoms with van der Waals surface area (Å²) in [7, 11) is 0. The van der Waals surface area contributed by atoms with E-state index in [0.29, 0.717) is 42.5 Å². The van der Waals surface area contributed by atoms with Crippen LogP contribution in [0, 0.1) is 12.8 Å². The van der Waals surface area contributed by atoms with E-state index in [1.807, 2.05) is 27.7 Å². The lowest BCUT2D eigenvalue weighted by Gasteiger charge is -2.25. The Morgan fingerprint density at radius 2 is 1.77 bits per heavy atom. The number of aromatic nitrogens is 1. The average molecular weight is 566 g/mol. The van der Waals surface area contributed by atoms with E-state index in [-0.39, 0.29) is 22.4 Å². The number of nitrogens with one attached hydrogen (secondary N) is 2. The Kier molecular flexibility index (Phi) is 9.76. The molecule has 1 aromatic carbocycles. The third kappa shape index (κ3) is 7.61. The molecule has 2 N–H and O–H groups in total. The molecular formula is C30H42F3N3O2S. The van der Waals surface area contributed by atoms with E-state index in [1.165, 1.54) is 25.3 Å². The van der Waals surface area contributed by atoms with Gasteiger partial charge in [0, 0.05) is 47.6 Å². The SMILES string of the molecule is CCC(C)(C)NSc1ccc(-c2cc(C(=O)NC3CCOCC3)c(C)n2CC2CCCCC2)cc1C(F)(F)F. The van der Waals surface area contributed by atoms with Gasteiger partial charge in [-0.1, -0.05) is 32.3 Å². The van der Waals surface area contributed by atoms with Crippen molar-refractivity contribution < 1.29 is 22.7 Å². The maximum absolute atomic E-state index is 14.3. The Morgan fingerprint density at radius 3 is 2.41 bits per heavy atom. The average Bonchev–Trinajstić information content (AvgIpc) is 3.24. The Labute approximate surface area is 234 Å². The zero-order chi connectivity index (χ0) is 28.2. The second-order valence-corrected chi connectivity index (χ2v) is 12.5. The number of alkyl halides is 3. The molecule has 1 aliphatic carbocycles. The molecule has 4 rings (SSSR count). The van der Waals surface area contributed by atoms with E-state index >= 15 is 0 Å². The van der Waals surface area contributed by atoms with E-state index in [4.69, 9.17) is 4.74 Å². The minimum atomic E-state index is -4.50. The van der Waals surface area contributed by atoms with Crippen molar-refractivity contribution in [2.75, 3.05) is 13.2 Å². The quantitative estimate of drug-likeness (QED) is 0.305. The first kappa shape index (κ1) is 30.0. The van der Waals surface area contributed by atoms with Crippen LogP contribution >= 0.6 is 11.9 Å². The normalized spacial score (nSPS) is 17.9. The van der Waals surface area contributed by atoms with Crippen LogP contribution in [-0.4, -0.2) is 35.3 Å². The summed E-state index contributed by atoms with van der Waals surface area (Å²) in [5, 5.41) is 3.13. The van der Waals surface area contributed by atoms with Gasteiger partial charge in [0.2, 0.25) is 0 Å². The van der Waals surface area contributed by atoms with Gasteiger partial charge in [-0.3, -0.25) is 9.52 Å². The van der Waals surface area contributed by atoms with Crippen molar-refractivity contribution in [3.05, 3.63) is 41.1 Å². The summed E-state index contributed by atoms with van der Waals surface area (Å²) in [6, 6.07) is 6.38. The summed E-state index contributed by atoms with van der Waals surface area (Å²) < 4.78 is 53.5. The summed E-state index contributed by atoms with van der Waals surface area (Å²) >= 11 is 1.02. The second-order valence-electron chi connectivity index (χ2n) is 11.7. The monoisotopic (exact) mass is 565 g/mol. The van der Waals surface area contributed by atoms with Gasteiger partial charge in [0.15, 0.2) is 0 Å². The van der Waals surface area contributed by atoms with Crippen LogP contribution in [0.3, 0.4) is 0 Å². The molecule has 9 heteroatoms. The first-order valence-electron chi connectivity index (χ1n) is 14.2. The van der Waals surface area contributed by atoms with Crippen LogP contribution < -0.4 is 10.0 Å². The molecule has 1 amide bonds. The molecule has 216 valence electrons. The van der Waals surface area contributed by atoms with Gasteiger partial charge in [-0.25, -0.2) is 0 Å². The van der Waals surface area contributed by atoms with Crippen molar-refractivity contribution in [2.45, 2.75) is 108 Å². The fourth-order valence-electron chi connectivity index (χ4n) is 5.35. The molecule has 2 aliphatic rings. The highest BCUT2D eigenvalue weighted by atomic mass is 32.2. The Balaban J connectivity index is 1.71. The molecule has 2 heterocycles. The van der Waals surface area contributed by atoms with E-state index in [0.717, 1.165) is 49.7 Å². The fraction of sp³-hybridized carbons (Fsp3) is 0.633. The Morgan fingerprint density at radius 1 is 1.08 bits per heavy atom. The highest BCUT2D eigenvalue weighted by molar-refractivity contribution is 7.97. The van der Waals surface area contributed by atoms with Gasteiger partial charge < -0.3 is 14.6 Å². The summed E-state index contributed by atoms with van der Waals surface area (Å²) in [5.74, 6) is 0.282. The standard InChI is InChI=1S/C30H42F3N3O2S/c1-5-29(3,4)35-39-27-12-11-22(17-25(27)30(31,32)33)26-18-24(28(37)34-23-13-15-38-16-14-23)20(2)36(26)19-21-9-7-6-8-10-21/h11-12,17-18,21,23,35H,5-10,13-16,19H2,1-4H3,(H,34,37). The first-order valence-corrected chi connectivity index (χ1v) is 15.0. The first-order chi connectivity index (χ1) is 18.5. The van der Waals surface area contributed by atoms with Crippen molar-refractivity contribution in [3.63, 3.8) is 0 Å². The van der Waals surface area contributed by atoms with Gasteiger partial charge in [-0.2, -0.15) is 13.2 Å². The smallest absolute Gasteiger partial charge is 0.381 e. The fourth-order valence-corrected chi connectivity index (χ4v) is 6.30. The van der Waals surface area contributed by atoms with E-state index in [1.54, 1.807) is 18.2 Å².